The minimum Gasteiger partial charge on any atom is -0.463 e. The number of hydrogen-bond acceptors (Lipinski definition) is 3. The molecule has 2 rings (SSSR count). The average Bonchev–Trinajstić information content (AvgIpc) is 2.63. The maximum atomic E-state index is 13.3. The van der Waals surface area contributed by atoms with Crippen molar-refractivity contribution in [3.63, 3.8) is 0 Å². The van der Waals surface area contributed by atoms with Crippen LogP contribution in [0.3, 0.4) is 0 Å². The summed E-state index contributed by atoms with van der Waals surface area (Å²) in [5, 5.41) is 0. The number of aromatic nitrogens is 2. The van der Waals surface area contributed by atoms with Crippen molar-refractivity contribution < 1.29 is 8.81 Å². The number of hydrogen-bond donors (Lipinski definition) is 1. The van der Waals surface area contributed by atoms with E-state index in [0.29, 0.717) is 5.82 Å². The van der Waals surface area contributed by atoms with E-state index in [1.165, 1.54) is 6.26 Å². The molecule has 0 saturated heterocycles. The van der Waals surface area contributed by atoms with Crippen molar-refractivity contribution in [2.45, 2.75) is 6.92 Å². The first kappa shape index (κ1) is 8.68. The molecule has 4 nitrogen and oxygen atoms in total. The molecule has 0 saturated carbocycles. The second kappa shape index (κ2) is 3.10. The van der Waals surface area contributed by atoms with E-state index < -0.39 is 11.4 Å². The number of aromatic amines is 1. The van der Waals surface area contributed by atoms with E-state index in [0.717, 1.165) is 0 Å². The highest BCUT2D eigenvalue weighted by Crippen LogP contribution is 2.18. The van der Waals surface area contributed by atoms with Gasteiger partial charge in [-0.05, 0) is 19.1 Å². The Morgan fingerprint density at radius 1 is 1.57 bits per heavy atom. The van der Waals surface area contributed by atoms with Gasteiger partial charge in [-0.3, -0.25) is 4.79 Å². The van der Waals surface area contributed by atoms with E-state index in [1.807, 2.05) is 0 Å². The zero-order valence-electron chi connectivity index (χ0n) is 7.37. The van der Waals surface area contributed by atoms with Crippen molar-refractivity contribution >= 4 is 0 Å². The van der Waals surface area contributed by atoms with Crippen LogP contribution in [0.5, 0.6) is 0 Å². The summed E-state index contributed by atoms with van der Waals surface area (Å²) >= 11 is 0. The molecule has 72 valence electrons. The summed E-state index contributed by atoms with van der Waals surface area (Å²) in [5.41, 5.74) is -0.847. The smallest absolute Gasteiger partial charge is 0.287 e. The second-order valence-corrected chi connectivity index (χ2v) is 2.79. The van der Waals surface area contributed by atoms with Crippen LogP contribution in [0.15, 0.2) is 27.6 Å². The molecule has 0 aromatic carbocycles. The molecule has 14 heavy (non-hydrogen) atoms. The average molecular weight is 194 g/mol. The number of rotatable bonds is 1. The third-order valence-corrected chi connectivity index (χ3v) is 1.74. The maximum absolute atomic E-state index is 13.3. The van der Waals surface area contributed by atoms with E-state index in [-0.39, 0.29) is 11.5 Å². The van der Waals surface area contributed by atoms with Gasteiger partial charge in [-0.2, -0.15) is 4.39 Å². The number of halogens is 1. The lowest BCUT2D eigenvalue weighted by molar-refractivity contribution is 0.556. The molecule has 0 aliphatic carbocycles. The van der Waals surface area contributed by atoms with Crippen molar-refractivity contribution in [3.8, 4) is 11.5 Å². The standard InChI is InChI=1S/C9H7FN2O2/c1-5-11-8(6-3-2-4-14-6)7(10)9(13)12-5/h2-4H,1H3,(H,11,12,13). The van der Waals surface area contributed by atoms with Crippen LogP contribution in [0.25, 0.3) is 11.5 Å². The number of aryl methyl sites for hydroxylation is 1. The van der Waals surface area contributed by atoms with Crippen LogP contribution < -0.4 is 5.56 Å². The first-order chi connectivity index (χ1) is 6.68. The molecule has 2 aromatic rings. The van der Waals surface area contributed by atoms with E-state index >= 15 is 0 Å². The Bertz CT molecular complexity index is 502. The van der Waals surface area contributed by atoms with Gasteiger partial charge in [-0.15, -0.1) is 0 Å². The van der Waals surface area contributed by atoms with Crippen LogP contribution in [-0.4, -0.2) is 9.97 Å². The fourth-order valence-electron chi connectivity index (χ4n) is 1.15. The van der Waals surface area contributed by atoms with Crippen molar-refractivity contribution in [2.75, 3.05) is 0 Å². The first-order valence-electron chi connectivity index (χ1n) is 3.99. The number of nitrogens with one attached hydrogen (secondary N) is 1. The molecule has 0 aliphatic heterocycles. The molecule has 0 atom stereocenters. The quantitative estimate of drug-likeness (QED) is 0.747. The van der Waals surface area contributed by atoms with Gasteiger partial charge >= 0.3 is 0 Å². The Hall–Kier alpha value is -1.91. The summed E-state index contributed by atoms with van der Waals surface area (Å²) in [7, 11) is 0. The van der Waals surface area contributed by atoms with Gasteiger partial charge in [-0.1, -0.05) is 0 Å². The monoisotopic (exact) mass is 194 g/mol. The maximum Gasteiger partial charge on any atom is 0.287 e. The Morgan fingerprint density at radius 3 is 3.00 bits per heavy atom. The van der Waals surface area contributed by atoms with Crippen molar-refractivity contribution in [1.29, 1.82) is 0 Å². The fraction of sp³-hybridized carbons (Fsp3) is 0.111. The highest BCUT2D eigenvalue weighted by Gasteiger charge is 2.13. The highest BCUT2D eigenvalue weighted by molar-refractivity contribution is 5.51. The minimum atomic E-state index is -0.925. The zero-order valence-corrected chi connectivity index (χ0v) is 7.37. The van der Waals surface area contributed by atoms with Crippen LogP contribution in [-0.2, 0) is 0 Å². The molecule has 0 bridgehead atoms. The van der Waals surface area contributed by atoms with Gasteiger partial charge in [0.15, 0.2) is 5.76 Å². The van der Waals surface area contributed by atoms with Crippen molar-refractivity contribution in [1.82, 2.24) is 9.97 Å². The normalized spacial score (nSPS) is 10.4. The van der Waals surface area contributed by atoms with Gasteiger partial charge in [0.2, 0.25) is 5.82 Å². The molecule has 1 N–H and O–H groups in total. The third-order valence-electron chi connectivity index (χ3n) is 1.74. The summed E-state index contributed by atoms with van der Waals surface area (Å²) in [5.74, 6) is -0.329. The first-order valence-corrected chi connectivity index (χ1v) is 3.99. The van der Waals surface area contributed by atoms with Crippen LogP contribution in [0.1, 0.15) is 5.82 Å². The van der Waals surface area contributed by atoms with E-state index in [4.69, 9.17) is 4.42 Å². The largest absolute Gasteiger partial charge is 0.463 e. The lowest BCUT2D eigenvalue weighted by Gasteiger charge is -1.98. The molecule has 0 spiro atoms. The lowest BCUT2D eigenvalue weighted by atomic mass is 10.3. The number of nitrogens with zero attached hydrogens (tertiary/aromatic N) is 1. The predicted octanol–water partition coefficient (Wildman–Crippen LogP) is 1.48. The van der Waals surface area contributed by atoms with E-state index in [9.17, 15) is 9.18 Å². The summed E-state index contributed by atoms with van der Waals surface area (Å²) in [6.45, 7) is 1.58. The topological polar surface area (TPSA) is 58.9 Å². The summed E-state index contributed by atoms with van der Waals surface area (Å²) in [4.78, 5) is 17.2. The molecule has 0 fully saturated rings. The molecule has 2 heterocycles. The van der Waals surface area contributed by atoms with Crippen LogP contribution >= 0.6 is 0 Å². The summed E-state index contributed by atoms with van der Waals surface area (Å²) < 4.78 is 18.2. The minimum absolute atomic E-state index is 0.0590. The molecule has 0 unspecified atom stereocenters. The van der Waals surface area contributed by atoms with Gasteiger partial charge in [0.25, 0.3) is 5.56 Å². The van der Waals surface area contributed by atoms with Crippen LogP contribution in [0, 0.1) is 12.7 Å². The number of H-pyrrole nitrogens is 1. The zero-order chi connectivity index (χ0) is 10.1. The Labute approximate surface area is 78.4 Å². The molecule has 5 heteroatoms. The third kappa shape index (κ3) is 1.32. The second-order valence-electron chi connectivity index (χ2n) is 2.79. The molecule has 0 radical (unpaired) electrons. The van der Waals surface area contributed by atoms with Gasteiger partial charge < -0.3 is 9.40 Å². The summed E-state index contributed by atoms with van der Waals surface area (Å²) in [6.07, 6.45) is 1.40. The van der Waals surface area contributed by atoms with Crippen molar-refractivity contribution in [3.05, 3.63) is 40.4 Å². The van der Waals surface area contributed by atoms with Crippen molar-refractivity contribution in [2.24, 2.45) is 0 Å². The summed E-state index contributed by atoms with van der Waals surface area (Å²) in [6, 6.07) is 3.15. The molecule has 2 aromatic heterocycles. The molecular formula is C9H7FN2O2. The molecular weight excluding hydrogens is 187 g/mol. The Kier molecular flexibility index (Phi) is 1.92. The van der Waals surface area contributed by atoms with E-state index in [1.54, 1.807) is 19.1 Å². The van der Waals surface area contributed by atoms with Crippen LogP contribution in [0.4, 0.5) is 4.39 Å². The van der Waals surface area contributed by atoms with Gasteiger partial charge in [0, 0.05) is 0 Å². The number of furan rings is 1. The molecule has 0 amide bonds. The predicted molar refractivity (Wildman–Crippen MR) is 47.3 cm³/mol. The van der Waals surface area contributed by atoms with E-state index in [2.05, 4.69) is 9.97 Å². The SMILES string of the molecule is Cc1nc(-c2ccco2)c(F)c(=O)[nH]1. The van der Waals surface area contributed by atoms with Gasteiger partial charge in [-0.25, -0.2) is 4.98 Å². The highest BCUT2D eigenvalue weighted by atomic mass is 19.1. The Morgan fingerprint density at radius 2 is 2.36 bits per heavy atom. The van der Waals surface area contributed by atoms with Crippen LogP contribution in [0.2, 0.25) is 0 Å². The fourth-order valence-corrected chi connectivity index (χ4v) is 1.15. The lowest BCUT2D eigenvalue weighted by Crippen LogP contribution is -2.15. The Balaban J connectivity index is 2.70. The molecule has 0 aliphatic rings. The van der Waals surface area contributed by atoms with Gasteiger partial charge in [0.1, 0.15) is 11.5 Å². The van der Waals surface area contributed by atoms with Gasteiger partial charge in [0.05, 0.1) is 6.26 Å².